The van der Waals surface area contributed by atoms with Gasteiger partial charge in [0.1, 0.15) is 18.4 Å². The number of guanidine groups is 1. The van der Waals surface area contributed by atoms with Crippen LogP contribution in [-0.4, -0.2) is 85.3 Å². The van der Waals surface area contributed by atoms with Gasteiger partial charge < -0.3 is 65.5 Å². The second kappa shape index (κ2) is 22.8. The first-order chi connectivity index (χ1) is 36.0. The average Bonchev–Trinajstić information content (AvgIpc) is 4.00. The summed E-state index contributed by atoms with van der Waals surface area (Å²) in [6.07, 6.45) is 24.0. The zero-order valence-electron chi connectivity index (χ0n) is 42.9. The lowest BCUT2D eigenvalue weighted by Crippen LogP contribution is -2.69. The van der Waals surface area contributed by atoms with Crippen molar-refractivity contribution in [3.05, 3.63) is 119 Å². The molecule has 3 fully saturated rings. The number of phenolic OH excluding ortho intramolecular Hbond substituents is 3. The number of aromatic hydroxyl groups is 3. The Labute approximate surface area is 433 Å². The number of aromatic amines is 1. The highest BCUT2D eigenvalue weighted by Gasteiger charge is 2.52. The van der Waals surface area contributed by atoms with E-state index in [1.807, 2.05) is 36.5 Å². The summed E-state index contributed by atoms with van der Waals surface area (Å²) in [5.74, 6) is 1.52. The Bertz CT molecular complexity index is 2840. The van der Waals surface area contributed by atoms with Crippen molar-refractivity contribution in [1.82, 2.24) is 30.5 Å². The Morgan fingerprint density at radius 1 is 1.03 bits per heavy atom. The number of dihydropyridines is 1. The molecule has 5 aliphatic rings. The summed E-state index contributed by atoms with van der Waals surface area (Å²) in [7, 11) is 0. The maximum Gasteiger partial charge on any atom is 0.302 e. The van der Waals surface area contributed by atoms with Crippen molar-refractivity contribution in [1.29, 1.82) is 0 Å². The van der Waals surface area contributed by atoms with Crippen LogP contribution < -0.4 is 31.2 Å². The van der Waals surface area contributed by atoms with E-state index in [2.05, 4.69) is 55.7 Å². The first-order valence-corrected chi connectivity index (χ1v) is 27.1. The number of fused-ring (bicyclic) bond motifs is 6. The largest absolute Gasteiger partial charge is 0.504 e. The fourth-order valence-electron chi connectivity index (χ4n) is 12.5. The average molecular weight is 1010 g/mol. The minimum Gasteiger partial charge on any atom is -0.504 e. The third-order valence-corrected chi connectivity index (χ3v) is 16.0. The molecule has 16 heteroatoms. The highest BCUT2D eigenvalue weighted by atomic mass is 16.6. The number of nitrogens with two attached hydrogens (primary N) is 1. The van der Waals surface area contributed by atoms with Crippen molar-refractivity contribution in [3.63, 3.8) is 0 Å². The van der Waals surface area contributed by atoms with E-state index in [9.17, 15) is 20.1 Å². The molecule has 0 radical (unpaired) electrons. The Hall–Kier alpha value is -6.81. The number of aliphatic imine (C=N–C) groups is 1. The van der Waals surface area contributed by atoms with E-state index in [0.717, 1.165) is 106 Å². The van der Waals surface area contributed by atoms with Crippen molar-refractivity contribution >= 4 is 22.8 Å². The van der Waals surface area contributed by atoms with Crippen LogP contribution in [-0.2, 0) is 33.5 Å². The minimum absolute atomic E-state index is 0.0228. The van der Waals surface area contributed by atoms with Crippen LogP contribution in [0.3, 0.4) is 0 Å². The summed E-state index contributed by atoms with van der Waals surface area (Å²) >= 11 is 0. The van der Waals surface area contributed by atoms with E-state index in [-0.39, 0.29) is 71.3 Å². The van der Waals surface area contributed by atoms with Gasteiger partial charge in [-0.25, -0.2) is 0 Å². The van der Waals surface area contributed by atoms with Crippen LogP contribution in [0.5, 0.6) is 28.7 Å². The van der Waals surface area contributed by atoms with Gasteiger partial charge in [-0.3, -0.25) is 14.8 Å². The number of phenols is 3. The van der Waals surface area contributed by atoms with Gasteiger partial charge >= 0.3 is 5.97 Å². The topological polar surface area (TPSA) is 223 Å². The number of H-pyrrole nitrogens is 1. The van der Waals surface area contributed by atoms with E-state index < -0.39 is 12.2 Å². The second-order valence-corrected chi connectivity index (χ2v) is 21.2. The lowest BCUT2D eigenvalue weighted by atomic mass is 9.67. The Kier molecular flexibility index (Phi) is 15.6. The number of benzene rings is 2. The molecule has 394 valence electrons. The molecule has 1 spiro atoms. The van der Waals surface area contributed by atoms with Crippen LogP contribution in [0, 0.1) is 11.8 Å². The first kappa shape index (κ1) is 50.7. The number of pyridine rings is 1. The molecule has 2 aromatic carbocycles. The minimum atomic E-state index is -0.554. The quantitative estimate of drug-likeness (QED) is 0.0220. The monoisotopic (exact) mass is 1010 g/mol. The number of nitrogens with zero attached hydrogens (tertiary/aromatic N) is 3. The number of hydrogen-bond acceptors (Lipinski definition) is 12. The number of ether oxygens (including phenoxy) is 4. The van der Waals surface area contributed by atoms with E-state index in [4.69, 9.17) is 29.7 Å². The fraction of sp³-hybridized carbons (Fsp3) is 0.500. The molecule has 10 rings (SSSR count). The normalized spacial score (nSPS) is 25.4. The van der Waals surface area contributed by atoms with Crippen molar-refractivity contribution < 1.29 is 39.1 Å². The Morgan fingerprint density at radius 2 is 1.93 bits per heavy atom. The predicted molar refractivity (Wildman–Crippen MR) is 284 cm³/mol. The number of aromatic nitrogens is 3. The smallest absolute Gasteiger partial charge is 0.302 e. The summed E-state index contributed by atoms with van der Waals surface area (Å²) in [4.78, 5) is 25.3. The summed E-state index contributed by atoms with van der Waals surface area (Å²) in [6, 6.07) is 15.0. The van der Waals surface area contributed by atoms with Crippen molar-refractivity contribution in [2.24, 2.45) is 22.6 Å². The molecule has 7 heterocycles. The van der Waals surface area contributed by atoms with E-state index >= 15 is 0 Å². The molecule has 3 aromatic heterocycles. The molecule has 5 aromatic rings. The number of rotatable bonds is 19. The number of allylic oxidation sites excluding steroid dienone is 2. The molecule has 0 bridgehead atoms. The van der Waals surface area contributed by atoms with E-state index in [1.165, 1.54) is 29.6 Å². The van der Waals surface area contributed by atoms with Crippen LogP contribution in [0.2, 0.25) is 0 Å². The van der Waals surface area contributed by atoms with Crippen LogP contribution >= 0.6 is 0 Å². The van der Waals surface area contributed by atoms with Crippen molar-refractivity contribution in [2.45, 2.75) is 153 Å². The maximum atomic E-state index is 12.5. The molecule has 1 saturated carbocycles. The first-order valence-electron chi connectivity index (χ1n) is 27.1. The van der Waals surface area contributed by atoms with Crippen LogP contribution in [0.25, 0.3) is 10.9 Å². The fourth-order valence-corrected chi connectivity index (χ4v) is 12.5. The molecule has 74 heavy (non-hydrogen) atoms. The van der Waals surface area contributed by atoms with Gasteiger partial charge in [-0.2, -0.15) is 0 Å². The molecular formula is C58H74N8O8. The molecule has 16 nitrogen and oxygen atoms in total. The maximum absolute atomic E-state index is 12.5. The van der Waals surface area contributed by atoms with E-state index in [0.29, 0.717) is 49.4 Å². The predicted octanol–water partition coefficient (Wildman–Crippen LogP) is 9.17. The summed E-state index contributed by atoms with van der Waals surface area (Å²) in [5.41, 5.74) is 12.1. The van der Waals surface area contributed by atoms with Gasteiger partial charge in [-0.1, -0.05) is 44.4 Å². The van der Waals surface area contributed by atoms with Gasteiger partial charge in [-0.15, -0.1) is 0 Å². The molecular weight excluding hydrogens is 937 g/mol. The van der Waals surface area contributed by atoms with E-state index in [1.54, 1.807) is 24.5 Å². The van der Waals surface area contributed by atoms with Gasteiger partial charge in [0.05, 0.1) is 35.7 Å². The van der Waals surface area contributed by atoms with Gasteiger partial charge in [0.2, 0.25) is 5.75 Å². The van der Waals surface area contributed by atoms with Gasteiger partial charge in [0, 0.05) is 87.5 Å². The number of nitrogens with one attached hydrogen (secondary N) is 4. The zero-order chi connectivity index (χ0) is 51.2. The van der Waals surface area contributed by atoms with Gasteiger partial charge in [0.25, 0.3) is 0 Å². The Balaban J connectivity index is 0.866. The molecule has 1 aliphatic carbocycles. The lowest BCUT2D eigenvalue weighted by molar-refractivity contribution is -0.165. The van der Waals surface area contributed by atoms with Crippen LogP contribution in [0.4, 0.5) is 0 Å². The summed E-state index contributed by atoms with van der Waals surface area (Å²) < 4.78 is 28.4. The number of esters is 1. The third kappa shape index (κ3) is 11.6. The van der Waals surface area contributed by atoms with Gasteiger partial charge in [0.15, 0.2) is 29.0 Å². The molecule has 2 saturated heterocycles. The molecule has 8 unspecified atom stereocenters. The zero-order valence-corrected chi connectivity index (χ0v) is 42.9. The SMILES string of the molecule is CCCCCC(Cc1ccc(O)c(OC2CCCC3(C2)NC(=NCCCC2=CCNC(N)=C2)NC2C3CCc3c4cc[nH]c4cn32)c1)C1CC(OC(C)=O)CC(c2cc(O)c(O)c(OCCc3cccnc3)c2)O1. The molecule has 9 N–H and O–H groups in total. The highest BCUT2D eigenvalue weighted by molar-refractivity contribution is 5.85. The second-order valence-electron chi connectivity index (χ2n) is 21.2. The lowest BCUT2D eigenvalue weighted by Gasteiger charge is -2.55. The number of carbonyl (C=O) groups excluding carboxylic acids is 1. The Morgan fingerprint density at radius 3 is 2.77 bits per heavy atom. The van der Waals surface area contributed by atoms with Crippen molar-refractivity contribution in [2.75, 3.05) is 19.7 Å². The van der Waals surface area contributed by atoms with Crippen LogP contribution in [0.15, 0.2) is 102 Å². The summed E-state index contributed by atoms with van der Waals surface area (Å²) in [6.45, 7) is 5.29. The number of carbonyl (C=O) groups is 1. The molecule has 8 atom stereocenters. The number of unbranched alkanes of at least 4 members (excludes halogenated alkanes) is 2. The molecule has 0 amide bonds. The van der Waals surface area contributed by atoms with Crippen molar-refractivity contribution in [3.8, 4) is 28.7 Å². The van der Waals surface area contributed by atoms with Gasteiger partial charge in [-0.05, 0) is 128 Å². The standard InChI is InChI=1S/C58H74N8O8/c1-3-4-5-11-40(50-31-43(72-36(2)67)32-51(74-50)41-29-49(69)55(70)53(30-41)71-25-19-38-10-7-21-60-34-38)26-39-13-16-48(68)52(27-39)73-42-12-6-20-58(33-42)45-14-15-47-44-18-24-61-46(44)35-66(47)56(45)64-57(65-58)63-22-8-9-37-17-23-62-54(59)28-37/h7,10,13,16-18,21,24,27-30,34-35,40,42-43,45,50-51,56,61-62,68-70H,3-6,8-9,11-12,14-15,19-20,22-23,25-26,31-33,59H2,1-2H3,(H2,63,64,65). The number of aryl methyl sites for hydroxylation is 1. The highest BCUT2D eigenvalue weighted by Crippen LogP contribution is 2.49. The molecule has 4 aliphatic heterocycles. The third-order valence-electron chi connectivity index (χ3n) is 16.0. The summed E-state index contributed by atoms with van der Waals surface area (Å²) in [5, 5.41) is 45.6. The van der Waals surface area contributed by atoms with Crippen LogP contribution in [0.1, 0.15) is 132 Å². The number of hydrogen-bond donors (Lipinski definition) is 8.